The van der Waals surface area contributed by atoms with Gasteiger partial charge in [0.25, 0.3) is 0 Å². The van der Waals surface area contributed by atoms with Crippen molar-refractivity contribution >= 4 is 0 Å². The third kappa shape index (κ3) is 2.30. The van der Waals surface area contributed by atoms with Crippen LogP contribution in [0.2, 0.25) is 0 Å². The van der Waals surface area contributed by atoms with E-state index in [1.807, 2.05) is 19.1 Å². The van der Waals surface area contributed by atoms with E-state index in [9.17, 15) is 5.11 Å². The van der Waals surface area contributed by atoms with E-state index in [0.29, 0.717) is 44.6 Å². The van der Waals surface area contributed by atoms with Crippen molar-refractivity contribution in [3.05, 3.63) is 23.5 Å². The number of methoxy groups -OCH3 is 1. The minimum absolute atomic E-state index is 0.465. The molecule has 1 saturated heterocycles. The van der Waals surface area contributed by atoms with Crippen LogP contribution in [0.1, 0.15) is 37.1 Å². The number of hydrogen-bond donors (Lipinski definition) is 1. The minimum atomic E-state index is -0.891. The van der Waals surface area contributed by atoms with Crippen molar-refractivity contribution in [3.8, 4) is 5.75 Å². The van der Waals surface area contributed by atoms with Gasteiger partial charge in [-0.1, -0.05) is 0 Å². The number of aromatic nitrogens is 1. The fraction of sp³-hybridized carbons (Fsp3) is 0.667. The number of aryl methyl sites for hydroxylation is 1. The Kier molecular flexibility index (Phi) is 3.44. The standard InChI is InChI=1S/C15H21NO4/c1-11-12(18-2)3-4-13(16-11)14(17)5-7-15(8-6-14)19-9-10-20-15/h3-4,17H,5-10H2,1-2H3. The second-order valence-corrected chi connectivity index (χ2v) is 5.62. The number of pyridine rings is 1. The topological polar surface area (TPSA) is 60.8 Å². The molecule has 0 bridgehead atoms. The van der Waals surface area contributed by atoms with Gasteiger partial charge in [-0.25, -0.2) is 0 Å². The molecule has 1 aromatic rings. The van der Waals surface area contributed by atoms with Gasteiger partial charge < -0.3 is 19.3 Å². The summed E-state index contributed by atoms with van der Waals surface area (Å²) in [6, 6.07) is 3.71. The Balaban J connectivity index is 1.78. The normalized spacial score (nSPS) is 23.9. The molecule has 2 heterocycles. The van der Waals surface area contributed by atoms with E-state index < -0.39 is 11.4 Å². The summed E-state index contributed by atoms with van der Waals surface area (Å²) in [5, 5.41) is 10.9. The molecule has 2 fully saturated rings. The van der Waals surface area contributed by atoms with E-state index in [1.165, 1.54) is 0 Å². The van der Waals surface area contributed by atoms with E-state index in [1.54, 1.807) is 7.11 Å². The zero-order valence-electron chi connectivity index (χ0n) is 12.0. The predicted octanol–water partition coefficient (Wildman–Crippen LogP) is 1.90. The van der Waals surface area contributed by atoms with Crippen LogP contribution in [-0.2, 0) is 15.1 Å². The number of rotatable bonds is 2. The SMILES string of the molecule is COc1ccc(C2(O)CCC3(CC2)OCCO3)nc1C. The molecule has 0 unspecified atom stereocenters. The molecule has 5 heteroatoms. The molecule has 20 heavy (non-hydrogen) atoms. The summed E-state index contributed by atoms with van der Waals surface area (Å²) in [6.45, 7) is 3.19. The van der Waals surface area contributed by atoms with E-state index in [4.69, 9.17) is 14.2 Å². The summed E-state index contributed by atoms with van der Waals surface area (Å²) in [5.41, 5.74) is 0.619. The Labute approximate surface area is 118 Å². The van der Waals surface area contributed by atoms with Crippen LogP contribution in [0.3, 0.4) is 0 Å². The van der Waals surface area contributed by atoms with Crippen LogP contribution in [0.4, 0.5) is 0 Å². The Hall–Kier alpha value is -1.17. The monoisotopic (exact) mass is 279 g/mol. The lowest BCUT2D eigenvalue weighted by Crippen LogP contribution is -2.42. The summed E-state index contributed by atoms with van der Waals surface area (Å²) in [7, 11) is 1.62. The molecular weight excluding hydrogens is 258 g/mol. The molecule has 1 aliphatic carbocycles. The highest BCUT2D eigenvalue weighted by molar-refractivity contribution is 5.30. The molecule has 3 rings (SSSR count). The van der Waals surface area contributed by atoms with Gasteiger partial charge in [-0.2, -0.15) is 0 Å². The largest absolute Gasteiger partial charge is 0.495 e. The second kappa shape index (κ2) is 4.98. The summed E-state index contributed by atoms with van der Waals surface area (Å²) >= 11 is 0. The second-order valence-electron chi connectivity index (χ2n) is 5.62. The first-order valence-corrected chi connectivity index (χ1v) is 7.09. The number of ether oxygens (including phenoxy) is 3. The van der Waals surface area contributed by atoms with Crippen molar-refractivity contribution in [1.82, 2.24) is 4.98 Å². The van der Waals surface area contributed by atoms with Gasteiger partial charge in [0.1, 0.15) is 11.4 Å². The first-order chi connectivity index (χ1) is 9.57. The number of nitrogens with zero attached hydrogens (tertiary/aromatic N) is 1. The molecule has 110 valence electrons. The molecule has 1 spiro atoms. The molecule has 1 saturated carbocycles. The lowest BCUT2D eigenvalue weighted by molar-refractivity contribution is -0.204. The van der Waals surface area contributed by atoms with E-state index in [0.717, 1.165) is 11.4 Å². The predicted molar refractivity (Wildman–Crippen MR) is 72.5 cm³/mol. The van der Waals surface area contributed by atoms with Crippen LogP contribution in [-0.4, -0.2) is 36.2 Å². The van der Waals surface area contributed by atoms with Crippen LogP contribution < -0.4 is 4.74 Å². The van der Waals surface area contributed by atoms with Crippen molar-refractivity contribution in [2.24, 2.45) is 0 Å². The maximum atomic E-state index is 10.9. The highest BCUT2D eigenvalue weighted by Crippen LogP contribution is 2.44. The van der Waals surface area contributed by atoms with E-state index in [2.05, 4.69) is 4.98 Å². The summed E-state index contributed by atoms with van der Waals surface area (Å²) in [4.78, 5) is 4.50. The fourth-order valence-electron chi connectivity index (χ4n) is 3.11. The molecule has 5 nitrogen and oxygen atoms in total. The molecule has 1 N–H and O–H groups in total. The number of aliphatic hydroxyl groups is 1. The maximum Gasteiger partial charge on any atom is 0.168 e. The highest BCUT2D eigenvalue weighted by Gasteiger charge is 2.46. The Morgan fingerprint density at radius 3 is 2.35 bits per heavy atom. The molecule has 0 aromatic carbocycles. The van der Waals surface area contributed by atoms with Gasteiger partial charge >= 0.3 is 0 Å². The van der Waals surface area contributed by atoms with Crippen molar-refractivity contribution in [3.63, 3.8) is 0 Å². The van der Waals surface area contributed by atoms with Gasteiger partial charge in [0.15, 0.2) is 5.79 Å². The molecule has 0 atom stereocenters. The first kappa shape index (κ1) is 13.8. The summed E-state index contributed by atoms with van der Waals surface area (Å²) < 4.78 is 16.6. The first-order valence-electron chi connectivity index (χ1n) is 7.09. The highest BCUT2D eigenvalue weighted by atomic mass is 16.7. The molecule has 2 aliphatic rings. The summed E-state index contributed by atoms with van der Waals surface area (Å²) in [6.07, 6.45) is 2.62. The zero-order valence-corrected chi connectivity index (χ0v) is 12.0. The Bertz CT molecular complexity index is 487. The van der Waals surface area contributed by atoms with Gasteiger partial charge in [-0.3, -0.25) is 4.98 Å². The minimum Gasteiger partial charge on any atom is -0.495 e. The van der Waals surface area contributed by atoms with Crippen LogP contribution >= 0.6 is 0 Å². The van der Waals surface area contributed by atoms with Crippen molar-refractivity contribution in [2.45, 2.75) is 44.0 Å². The Morgan fingerprint density at radius 1 is 1.15 bits per heavy atom. The van der Waals surface area contributed by atoms with Gasteiger partial charge in [0, 0.05) is 12.8 Å². The van der Waals surface area contributed by atoms with Gasteiger partial charge in [-0.15, -0.1) is 0 Å². The van der Waals surface area contributed by atoms with Crippen molar-refractivity contribution in [2.75, 3.05) is 20.3 Å². The zero-order chi connectivity index (χ0) is 14.2. The van der Waals surface area contributed by atoms with Crippen molar-refractivity contribution < 1.29 is 19.3 Å². The van der Waals surface area contributed by atoms with Gasteiger partial charge in [0.2, 0.25) is 0 Å². The van der Waals surface area contributed by atoms with Crippen LogP contribution in [0.5, 0.6) is 5.75 Å². The Morgan fingerprint density at radius 2 is 1.80 bits per heavy atom. The molecule has 1 aliphatic heterocycles. The summed E-state index contributed by atoms with van der Waals surface area (Å²) in [5.74, 6) is 0.278. The van der Waals surface area contributed by atoms with E-state index >= 15 is 0 Å². The quantitative estimate of drug-likeness (QED) is 0.896. The van der Waals surface area contributed by atoms with Crippen LogP contribution in [0.15, 0.2) is 12.1 Å². The van der Waals surface area contributed by atoms with Crippen LogP contribution in [0, 0.1) is 6.92 Å². The third-order valence-electron chi connectivity index (χ3n) is 4.39. The molecule has 0 amide bonds. The maximum absolute atomic E-state index is 10.9. The van der Waals surface area contributed by atoms with Gasteiger partial charge in [0.05, 0.1) is 31.7 Å². The van der Waals surface area contributed by atoms with Gasteiger partial charge in [-0.05, 0) is 31.9 Å². The molecular formula is C15H21NO4. The fourth-order valence-corrected chi connectivity index (χ4v) is 3.11. The average molecular weight is 279 g/mol. The van der Waals surface area contributed by atoms with E-state index in [-0.39, 0.29) is 0 Å². The lowest BCUT2D eigenvalue weighted by Gasteiger charge is -2.40. The average Bonchev–Trinajstić information content (AvgIpc) is 2.91. The van der Waals surface area contributed by atoms with Crippen molar-refractivity contribution in [1.29, 1.82) is 0 Å². The third-order valence-corrected chi connectivity index (χ3v) is 4.39. The molecule has 1 aromatic heterocycles. The number of hydrogen-bond acceptors (Lipinski definition) is 5. The lowest BCUT2D eigenvalue weighted by atomic mass is 9.79. The van der Waals surface area contributed by atoms with Crippen LogP contribution in [0.25, 0.3) is 0 Å². The smallest absolute Gasteiger partial charge is 0.168 e. The molecule has 0 radical (unpaired) electrons.